The van der Waals surface area contributed by atoms with Crippen molar-refractivity contribution in [2.24, 2.45) is 5.41 Å². The number of aliphatic carboxylic acids is 2. The molecule has 1 aliphatic heterocycles. The number of likely N-dealkylation sites (tertiary alicyclic amines) is 1. The van der Waals surface area contributed by atoms with Gasteiger partial charge in [-0.05, 0) is 33.6 Å². The molecule has 1 heterocycles. The van der Waals surface area contributed by atoms with E-state index >= 15 is 0 Å². The van der Waals surface area contributed by atoms with Crippen LogP contribution in [0.25, 0.3) is 0 Å². The third kappa shape index (κ3) is 4.11. The van der Waals surface area contributed by atoms with Gasteiger partial charge in [0.15, 0.2) is 0 Å². The Labute approximate surface area is 117 Å². The molecule has 0 saturated carbocycles. The number of piperidine rings is 1. The zero-order valence-electron chi connectivity index (χ0n) is 12.0. The van der Waals surface area contributed by atoms with Crippen LogP contribution >= 0.6 is 0 Å². The van der Waals surface area contributed by atoms with Gasteiger partial charge in [-0.3, -0.25) is 9.59 Å². The third-order valence-corrected chi connectivity index (χ3v) is 3.32. The van der Waals surface area contributed by atoms with E-state index in [1.54, 1.807) is 20.8 Å². The molecule has 0 aromatic carbocycles. The van der Waals surface area contributed by atoms with Crippen molar-refractivity contribution in [1.29, 1.82) is 0 Å². The number of amides is 1. The smallest absolute Gasteiger partial charge is 0.410 e. The first-order chi connectivity index (χ1) is 9.06. The van der Waals surface area contributed by atoms with Crippen LogP contribution in [-0.4, -0.2) is 51.8 Å². The van der Waals surface area contributed by atoms with Gasteiger partial charge >= 0.3 is 18.0 Å². The van der Waals surface area contributed by atoms with E-state index in [9.17, 15) is 19.5 Å². The van der Waals surface area contributed by atoms with Crippen molar-refractivity contribution in [2.45, 2.75) is 45.6 Å². The van der Waals surface area contributed by atoms with Gasteiger partial charge in [-0.25, -0.2) is 4.79 Å². The summed E-state index contributed by atoms with van der Waals surface area (Å²) in [5, 5.41) is 18.1. The van der Waals surface area contributed by atoms with Crippen LogP contribution in [-0.2, 0) is 14.3 Å². The summed E-state index contributed by atoms with van der Waals surface area (Å²) in [6.07, 6.45) is -0.682. The summed E-state index contributed by atoms with van der Waals surface area (Å²) in [4.78, 5) is 35.4. The first-order valence-corrected chi connectivity index (χ1v) is 6.49. The monoisotopic (exact) mass is 287 g/mol. The quantitative estimate of drug-likeness (QED) is 0.816. The van der Waals surface area contributed by atoms with E-state index in [0.717, 1.165) is 0 Å². The molecule has 20 heavy (non-hydrogen) atoms. The molecule has 0 bridgehead atoms. The number of nitrogens with zero attached hydrogens (tertiary/aromatic N) is 1. The second-order valence-electron chi connectivity index (χ2n) is 6.12. The summed E-state index contributed by atoms with van der Waals surface area (Å²) in [6, 6.07) is 0. The van der Waals surface area contributed by atoms with Crippen molar-refractivity contribution in [1.82, 2.24) is 4.90 Å². The van der Waals surface area contributed by atoms with Crippen LogP contribution in [0.5, 0.6) is 0 Å². The van der Waals surface area contributed by atoms with Crippen LogP contribution in [0.15, 0.2) is 0 Å². The van der Waals surface area contributed by atoms with Crippen LogP contribution in [0, 0.1) is 5.41 Å². The van der Waals surface area contributed by atoms with Crippen LogP contribution in [0.1, 0.15) is 40.0 Å². The number of carboxylic acid groups (broad SMARTS) is 2. The highest BCUT2D eigenvalue weighted by atomic mass is 16.6. The molecular formula is C13H21NO6. The second kappa shape index (κ2) is 5.68. The van der Waals surface area contributed by atoms with E-state index in [2.05, 4.69) is 0 Å². The Kier molecular flexibility index (Phi) is 4.62. The molecular weight excluding hydrogens is 266 g/mol. The lowest BCUT2D eigenvalue weighted by Gasteiger charge is -2.38. The minimum atomic E-state index is -1.29. The van der Waals surface area contributed by atoms with Gasteiger partial charge in [-0.15, -0.1) is 0 Å². The van der Waals surface area contributed by atoms with Crippen molar-refractivity contribution in [3.05, 3.63) is 0 Å². The van der Waals surface area contributed by atoms with Gasteiger partial charge in [-0.2, -0.15) is 0 Å². The van der Waals surface area contributed by atoms with Crippen molar-refractivity contribution in [2.75, 3.05) is 13.1 Å². The summed E-state index contributed by atoms with van der Waals surface area (Å²) < 4.78 is 5.21. The SMILES string of the molecule is CC(C)(C)OC(=O)N1CCC(CC(=O)O)(C(=O)O)CC1. The van der Waals surface area contributed by atoms with Gasteiger partial charge in [0.05, 0.1) is 11.8 Å². The number of carbonyl (C=O) groups excluding carboxylic acids is 1. The Bertz CT molecular complexity index is 404. The Morgan fingerprint density at radius 1 is 1.15 bits per heavy atom. The molecule has 2 N–H and O–H groups in total. The van der Waals surface area contributed by atoms with E-state index in [0.29, 0.717) is 0 Å². The Morgan fingerprint density at radius 2 is 1.65 bits per heavy atom. The minimum Gasteiger partial charge on any atom is -0.481 e. The van der Waals surface area contributed by atoms with E-state index in [-0.39, 0.29) is 25.9 Å². The second-order valence-corrected chi connectivity index (χ2v) is 6.12. The number of hydrogen-bond donors (Lipinski definition) is 2. The van der Waals surface area contributed by atoms with Gasteiger partial charge in [0.1, 0.15) is 5.60 Å². The number of carbonyl (C=O) groups is 3. The van der Waals surface area contributed by atoms with E-state index < -0.39 is 35.5 Å². The lowest BCUT2D eigenvalue weighted by molar-refractivity contribution is -0.158. The molecule has 7 nitrogen and oxygen atoms in total. The molecule has 0 radical (unpaired) electrons. The van der Waals surface area contributed by atoms with Crippen molar-refractivity contribution in [3.63, 3.8) is 0 Å². The highest BCUT2D eigenvalue weighted by Crippen LogP contribution is 2.35. The first kappa shape index (κ1) is 16.3. The largest absolute Gasteiger partial charge is 0.481 e. The molecule has 1 aliphatic rings. The van der Waals surface area contributed by atoms with Crippen LogP contribution in [0.4, 0.5) is 4.79 Å². The fourth-order valence-electron chi connectivity index (χ4n) is 2.20. The van der Waals surface area contributed by atoms with E-state index in [1.165, 1.54) is 4.90 Å². The van der Waals surface area contributed by atoms with Crippen LogP contribution in [0.2, 0.25) is 0 Å². The summed E-state index contributed by atoms with van der Waals surface area (Å²) in [6.45, 7) is 5.63. The zero-order chi connectivity index (χ0) is 15.6. The maximum Gasteiger partial charge on any atom is 0.410 e. The summed E-state index contributed by atoms with van der Waals surface area (Å²) >= 11 is 0. The molecule has 114 valence electrons. The summed E-state index contributed by atoms with van der Waals surface area (Å²) in [5.74, 6) is -2.26. The Morgan fingerprint density at radius 3 is 2.00 bits per heavy atom. The summed E-state index contributed by atoms with van der Waals surface area (Å²) in [7, 11) is 0. The number of carboxylic acids is 2. The van der Waals surface area contributed by atoms with Crippen LogP contribution < -0.4 is 0 Å². The van der Waals surface area contributed by atoms with Gasteiger partial charge in [0.25, 0.3) is 0 Å². The maximum absolute atomic E-state index is 11.9. The number of rotatable bonds is 3. The maximum atomic E-state index is 11.9. The van der Waals surface area contributed by atoms with Gasteiger partial charge in [-0.1, -0.05) is 0 Å². The zero-order valence-corrected chi connectivity index (χ0v) is 12.0. The normalized spacial score (nSPS) is 18.4. The average Bonchev–Trinajstić information content (AvgIpc) is 2.26. The molecule has 1 saturated heterocycles. The third-order valence-electron chi connectivity index (χ3n) is 3.32. The van der Waals surface area contributed by atoms with E-state index in [4.69, 9.17) is 9.84 Å². The fraction of sp³-hybridized carbons (Fsp3) is 0.769. The van der Waals surface area contributed by atoms with Crippen molar-refractivity contribution < 1.29 is 29.3 Å². The molecule has 1 rings (SSSR count). The lowest BCUT2D eigenvalue weighted by Crippen LogP contribution is -2.48. The predicted molar refractivity (Wildman–Crippen MR) is 69.4 cm³/mol. The summed E-state index contributed by atoms with van der Waals surface area (Å²) in [5.41, 5.74) is -1.90. The average molecular weight is 287 g/mol. The fourth-order valence-corrected chi connectivity index (χ4v) is 2.20. The highest BCUT2D eigenvalue weighted by Gasteiger charge is 2.44. The topological polar surface area (TPSA) is 104 Å². The standard InChI is InChI=1S/C13H21NO6/c1-12(2,3)20-11(19)14-6-4-13(5-7-14,10(17)18)8-9(15)16/h4-8H2,1-3H3,(H,15,16)(H,17,18). The molecule has 1 amide bonds. The molecule has 0 aromatic heterocycles. The van der Waals surface area contributed by atoms with Crippen molar-refractivity contribution in [3.8, 4) is 0 Å². The number of ether oxygens (including phenoxy) is 1. The van der Waals surface area contributed by atoms with Gasteiger partial charge in [0.2, 0.25) is 0 Å². The molecule has 0 atom stereocenters. The lowest BCUT2D eigenvalue weighted by atomic mass is 9.76. The number of hydrogen-bond acceptors (Lipinski definition) is 4. The molecule has 7 heteroatoms. The van der Waals surface area contributed by atoms with Crippen LogP contribution in [0.3, 0.4) is 0 Å². The van der Waals surface area contributed by atoms with Gasteiger partial charge < -0.3 is 19.8 Å². The minimum absolute atomic E-state index is 0.119. The Hall–Kier alpha value is -1.79. The Balaban J connectivity index is 2.67. The van der Waals surface area contributed by atoms with Gasteiger partial charge in [0, 0.05) is 13.1 Å². The molecule has 0 aliphatic carbocycles. The molecule has 0 aromatic rings. The molecule has 0 unspecified atom stereocenters. The predicted octanol–water partition coefficient (Wildman–Crippen LogP) is 1.56. The first-order valence-electron chi connectivity index (χ1n) is 6.49. The molecule has 0 spiro atoms. The molecule has 1 fully saturated rings. The van der Waals surface area contributed by atoms with E-state index in [1.807, 2.05) is 0 Å². The van der Waals surface area contributed by atoms with Crippen molar-refractivity contribution >= 4 is 18.0 Å². The highest BCUT2D eigenvalue weighted by molar-refractivity contribution is 5.82.